The summed E-state index contributed by atoms with van der Waals surface area (Å²) in [5.41, 5.74) is 6.11. The lowest BCUT2D eigenvalue weighted by Crippen LogP contribution is -2.46. The van der Waals surface area contributed by atoms with Crippen molar-refractivity contribution in [1.29, 1.82) is 0 Å². The number of carbonyl (C=O) groups is 1. The Balaban J connectivity index is 2.03. The monoisotopic (exact) mass is 382 g/mol. The van der Waals surface area contributed by atoms with Crippen LogP contribution in [0, 0.1) is 5.92 Å². The number of Topliss-reactive ketones (excluding diaryl/α,β-unsaturated/α-hetero) is 1. The second kappa shape index (κ2) is 6.97. The average molecular weight is 383 g/mol. The Hall–Kier alpha value is -1.58. The molecular formula is C16H19ClN4O3S. The van der Waals surface area contributed by atoms with Gasteiger partial charge in [-0.25, -0.2) is 8.42 Å². The maximum absolute atomic E-state index is 13.2. The van der Waals surface area contributed by atoms with E-state index in [1.54, 1.807) is 25.4 Å². The molecule has 1 aromatic carbocycles. The molecule has 9 heteroatoms. The van der Waals surface area contributed by atoms with E-state index in [4.69, 9.17) is 17.3 Å². The van der Waals surface area contributed by atoms with Gasteiger partial charge in [-0.1, -0.05) is 23.7 Å². The summed E-state index contributed by atoms with van der Waals surface area (Å²) in [7, 11) is -2.23. The largest absolute Gasteiger partial charge is 0.314 e. The zero-order valence-electron chi connectivity index (χ0n) is 13.6. The number of likely N-dealkylation sites (N-methyl/N-ethyl adjacent to an activating group) is 1. The van der Waals surface area contributed by atoms with Crippen LogP contribution in [0.5, 0.6) is 0 Å². The highest BCUT2D eigenvalue weighted by Crippen LogP contribution is 2.34. The van der Waals surface area contributed by atoms with Crippen LogP contribution in [0.2, 0.25) is 5.02 Å². The molecule has 0 bridgehead atoms. The summed E-state index contributed by atoms with van der Waals surface area (Å²) >= 11 is 6.19. The molecule has 0 spiro atoms. The summed E-state index contributed by atoms with van der Waals surface area (Å²) in [6, 6.07) is 4.88. The molecular weight excluding hydrogens is 364 g/mol. The number of nitrogens with two attached hydrogens (primary N) is 1. The van der Waals surface area contributed by atoms with E-state index >= 15 is 0 Å². The lowest BCUT2D eigenvalue weighted by Gasteiger charge is -2.24. The highest BCUT2D eigenvalue weighted by molar-refractivity contribution is 7.89. The van der Waals surface area contributed by atoms with Crippen LogP contribution in [-0.2, 0) is 14.8 Å². The molecule has 3 rings (SSSR count). The van der Waals surface area contributed by atoms with Gasteiger partial charge in [-0.2, -0.15) is 4.31 Å². The van der Waals surface area contributed by atoms with Crippen LogP contribution in [0.1, 0.15) is 6.42 Å². The maximum Gasteiger partial charge on any atom is 0.245 e. The zero-order chi connectivity index (χ0) is 18.2. The summed E-state index contributed by atoms with van der Waals surface area (Å²) in [5, 5.41) is 4.08. The number of nitrogens with zero attached hydrogens (tertiary/aromatic N) is 2. The molecule has 134 valence electrons. The average Bonchev–Trinajstić information content (AvgIpc) is 2.97. The Morgan fingerprint density at radius 2 is 2.20 bits per heavy atom. The van der Waals surface area contributed by atoms with E-state index in [1.807, 2.05) is 0 Å². The van der Waals surface area contributed by atoms with Gasteiger partial charge in [-0.3, -0.25) is 9.78 Å². The lowest BCUT2D eigenvalue weighted by molar-refractivity contribution is -0.122. The van der Waals surface area contributed by atoms with Crippen molar-refractivity contribution in [2.75, 3.05) is 20.1 Å². The van der Waals surface area contributed by atoms with Gasteiger partial charge in [0.25, 0.3) is 0 Å². The van der Waals surface area contributed by atoms with Crippen molar-refractivity contribution in [3.05, 3.63) is 35.6 Å². The van der Waals surface area contributed by atoms with Crippen LogP contribution in [-0.4, -0.2) is 49.8 Å². The van der Waals surface area contributed by atoms with Crippen molar-refractivity contribution in [3.63, 3.8) is 0 Å². The van der Waals surface area contributed by atoms with E-state index in [-0.39, 0.29) is 28.8 Å². The summed E-state index contributed by atoms with van der Waals surface area (Å²) in [5.74, 6) is -0.609. The molecule has 1 fully saturated rings. The molecule has 2 heterocycles. The highest BCUT2D eigenvalue weighted by Gasteiger charge is 2.42. The molecule has 2 aromatic rings. The number of sulfonamides is 1. The first kappa shape index (κ1) is 18.2. The van der Waals surface area contributed by atoms with Gasteiger partial charge in [0.15, 0.2) is 5.78 Å². The second-order valence-electron chi connectivity index (χ2n) is 5.97. The van der Waals surface area contributed by atoms with Gasteiger partial charge in [0.1, 0.15) is 0 Å². The summed E-state index contributed by atoms with van der Waals surface area (Å²) < 4.78 is 27.5. The molecule has 0 radical (unpaired) electrons. The number of carbonyl (C=O) groups excluding carboxylic acids is 1. The number of hydrogen-bond donors (Lipinski definition) is 2. The van der Waals surface area contributed by atoms with E-state index in [1.165, 1.54) is 16.6 Å². The standard InChI is InChI=1S/C16H19ClN4O3S/c1-19-9-13(22)11-5-6-21(16(11)18)25(23,24)14-4-2-3-10-7-20-8-12(17)15(10)14/h2-4,7-8,11,16,19H,5-6,9,18H2,1H3/t11?,16-/m0/s1. The van der Waals surface area contributed by atoms with Gasteiger partial charge in [-0.15, -0.1) is 0 Å². The molecule has 25 heavy (non-hydrogen) atoms. The molecule has 3 N–H and O–H groups in total. The Morgan fingerprint density at radius 3 is 2.92 bits per heavy atom. The van der Waals surface area contributed by atoms with E-state index in [9.17, 15) is 13.2 Å². The number of ketones is 1. The highest BCUT2D eigenvalue weighted by atomic mass is 35.5. The van der Waals surface area contributed by atoms with Crippen molar-refractivity contribution >= 4 is 38.2 Å². The number of nitrogens with one attached hydrogen (secondary N) is 1. The number of benzene rings is 1. The fourth-order valence-corrected chi connectivity index (χ4v) is 5.35. The van der Waals surface area contributed by atoms with E-state index < -0.39 is 22.1 Å². The van der Waals surface area contributed by atoms with Crippen LogP contribution in [0.4, 0.5) is 0 Å². The van der Waals surface area contributed by atoms with Crippen LogP contribution >= 0.6 is 11.6 Å². The first-order chi connectivity index (χ1) is 11.9. The number of aromatic nitrogens is 1. The quantitative estimate of drug-likeness (QED) is 0.798. The zero-order valence-corrected chi connectivity index (χ0v) is 15.2. The second-order valence-corrected chi connectivity index (χ2v) is 8.24. The Bertz CT molecular complexity index is 913. The fraction of sp³-hybridized carbons (Fsp3) is 0.375. The topological polar surface area (TPSA) is 105 Å². The van der Waals surface area contributed by atoms with Crippen molar-refractivity contribution in [2.45, 2.75) is 17.5 Å². The minimum atomic E-state index is -3.89. The van der Waals surface area contributed by atoms with Gasteiger partial charge in [0.2, 0.25) is 10.0 Å². The van der Waals surface area contributed by atoms with Gasteiger partial charge in [-0.05, 0) is 19.5 Å². The fourth-order valence-electron chi connectivity index (χ4n) is 3.22. The molecule has 1 unspecified atom stereocenters. The normalized spacial score (nSPS) is 21.7. The number of rotatable bonds is 5. The van der Waals surface area contributed by atoms with Crippen LogP contribution in [0.25, 0.3) is 10.8 Å². The molecule has 0 saturated carbocycles. The Kier molecular flexibility index (Phi) is 5.08. The third-order valence-corrected chi connectivity index (χ3v) is 6.68. The molecule has 0 aliphatic carbocycles. The van der Waals surface area contributed by atoms with Gasteiger partial charge < -0.3 is 11.1 Å². The number of pyridine rings is 1. The van der Waals surface area contributed by atoms with Gasteiger partial charge in [0.05, 0.1) is 22.6 Å². The van der Waals surface area contributed by atoms with Gasteiger partial charge >= 0.3 is 0 Å². The molecule has 1 aliphatic rings. The third-order valence-electron chi connectivity index (χ3n) is 4.46. The van der Waals surface area contributed by atoms with E-state index in [0.29, 0.717) is 17.2 Å². The van der Waals surface area contributed by atoms with Crippen LogP contribution < -0.4 is 11.1 Å². The van der Waals surface area contributed by atoms with Crippen molar-refractivity contribution in [1.82, 2.24) is 14.6 Å². The molecule has 2 atom stereocenters. The summed E-state index contributed by atoms with van der Waals surface area (Å²) in [6.45, 7) is 0.362. The maximum atomic E-state index is 13.2. The number of fused-ring (bicyclic) bond motifs is 1. The van der Waals surface area contributed by atoms with E-state index in [0.717, 1.165) is 0 Å². The first-order valence-corrected chi connectivity index (χ1v) is 9.66. The molecule has 1 aliphatic heterocycles. The van der Waals surface area contributed by atoms with Gasteiger partial charge in [0, 0.05) is 35.6 Å². The SMILES string of the molecule is CNCC(=O)C1CCN(S(=O)(=O)c2cccc3cncc(Cl)c23)[C@@H]1N. The third kappa shape index (κ3) is 3.16. The van der Waals surface area contributed by atoms with Crippen LogP contribution in [0.15, 0.2) is 35.5 Å². The Morgan fingerprint density at radius 1 is 1.44 bits per heavy atom. The van der Waals surface area contributed by atoms with Crippen molar-refractivity contribution in [3.8, 4) is 0 Å². The molecule has 1 aromatic heterocycles. The predicted octanol–water partition coefficient (Wildman–Crippen LogP) is 0.972. The Labute approximate surface area is 151 Å². The number of hydrogen-bond acceptors (Lipinski definition) is 6. The van der Waals surface area contributed by atoms with E-state index in [2.05, 4.69) is 10.3 Å². The van der Waals surface area contributed by atoms with Crippen molar-refractivity contribution < 1.29 is 13.2 Å². The smallest absolute Gasteiger partial charge is 0.245 e. The van der Waals surface area contributed by atoms with Crippen molar-refractivity contribution in [2.24, 2.45) is 11.7 Å². The predicted molar refractivity (Wildman–Crippen MR) is 95.7 cm³/mol. The lowest BCUT2D eigenvalue weighted by atomic mass is 10.0. The number of halogens is 1. The molecule has 1 saturated heterocycles. The minimum absolute atomic E-state index is 0.0783. The minimum Gasteiger partial charge on any atom is -0.314 e. The first-order valence-electron chi connectivity index (χ1n) is 7.85. The summed E-state index contributed by atoms with van der Waals surface area (Å²) in [4.78, 5) is 16.2. The van der Waals surface area contributed by atoms with Crippen LogP contribution in [0.3, 0.4) is 0 Å². The summed E-state index contributed by atoms with van der Waals surface area (Å²) in [6.07, 6.45) is 2.48. The molecule has 0 amide bonds. The molecule has 7 nitrogen and oxygen atoms in total.